The van der Waals surface area contributed by atoms with Crippen LogP contribution in [0.15, 0.2) is 30.3 Å². The van der Waals surface area contributed by atoms with Crippen molar-refractivity contribution in [3.05, 3.63) is 63.7 Å². The maximum Gasteiger partial charge on any atom is 0.167 e. The van der Waals surface area contributed by atoms with Gasteiger partial charge in [-0.2, -0.15) is 0 Å². The minimum Gasteiger partial charge on any atom is -0.496 e. The Morgan fingerprint density at radius 2 is 1.57 bits per heavy atom. The SMILES string of the molecule is COc1c(C)cc(C(=O)Cc2cc(C)ccc2C)cc1C. The zero-order valence-corrected chi connectivity index (χ0v) is 13.4. The number of hydrogen-bond acceptors (Lipinski definition) is 2. The Kier molecular flexibility index (Phi) is 4.46. The minimum absolute atomic E-state index is 0.151. The Hall–Kier alpha value is -2.09. The molecule has 0 atom stereocenters. The van der Waals surface area contributed by atoms with Gasteiger partial charge in [0.25, 0.3) is 0 Å². The summed E-state index contributed by atoms with van der Waals surface area (Å²) in [5, 5.41) is 0. The van der Waals surface area contributed by atoms with Crippen LogP contribution in [-0.4, -0.2) is 12.9 Å². The average Bonchev–Trinajstić information content (AvgIpc) is 2.42. The van der Waals surface area contributed by atoms with Crippen LogP contribution in [0.1, 0.15) is 38.2 Å². The van der Waals surface area contributed by atoms with Gasteiger partial charge in [0, 0.05) is 12.0 Å². The van der Waals surface area contributed by atoms with Gasteiger partial charge in [-0.25, -0.2) is 0 Å². The van der Waals surface area contributed by atoms with E-state index in [-0.39, 0.29) is 5.78 Å². The van der Waals surface area contributed by atoms with E-state index in [1.54, 1.807) is 7.11 Å². The highest BCUT2D eigenvalue weighted by Crippen LogP contribution is 2.25. The molecule has 0 unspecified atom stereocenters. The molecule has 0 radical (unpaired) electrons. The van der Waals surface area contributed by atoms with Crippen molar-refractivity contribution in [2.24, 2.45) is 0 Å². The highest BCUT2D eigenvalue weighted by molar-refractivity contribution is 5.98. The summed E-state index contributed by atoms with van der Waals surface area (Å²) in [4.78, 5) is 12.5. The Morgan fingerprint density at radius 3 is 2.14 bits per heavy atom. The lowest BCUT2D eigenvalue weighted by Crippen LogP contribution is -2.06. The standard InChI is InChI=1S/C19H22O2/c1-12-6-7-13(2)16(8-12)11-18(20)17-9-14(3)19(21-5)15(4)10-17/h6-10H,11H2,1-5H3. The van der Waals surface area contributed by atoms with Crippen molar-refractivity contribution in [1.82, 2.24) is 0 Å². The van der Waals surface area contributed by atoms with E-state index < -0.39 is 0 Å². The number of benzene rings is 2. The van der Waals surface area contributed by atoms with Gasteiger partial charge in [-0.1, -0.05) is 23.8 Å². The summed E-state index contributed by atoms with van der Waals surface area (Å²) in [7, 11) is 1.66. The fourth-order valence-electron chi connectivity index (χ4n) is 2.70. The van der Waals surface area contributed by atoms with Gasteiger partial charge in [0.15, 0.2) is 5.78 Å². The molecule has 0 aromatic heterocycles. The van der Waals surface area contributed by atoms with E-state index in [2.05, 4.69) is 25.1 Å². The second kappa shape index (κ2) is 6.13. The molecule has 2 aromatic carbocycles. The highest BCUT2D eigenvalue weighted by Gasteiger charge is 2.13. The lowest BCUT2D eigenvalue weighted by molar-refractivity contribution is 0.0992. The molecule has 21 heavy (non-hydrogen) atoms. The number of rotatable bonds is 4. The van der Waals surface area contributed by atoms with Crippen LogP contribution in [0.4, 0.5) is 0 Å². The molecule has 2 aromatic rings. The predicted molar refractivity (Wildman–Crippen MR) is 86.4 cm³/mol. The second-order valence-corrected chi connectivity index (χ2v) is 5.67. The third kappa shape index (κ3) is 3.33. The van der Waals surface area contributed by atoms with Crippen molar-refractivity contribution in [3.8, 4) is 5.75 Å². The van der Waals surface area contributed by atoms with Gasteiger partial charge in [-0.15, -0.1) is 0 Å². The number of Topliss-reactive ketones (excluding diaryl/α,β-unsaturated/α-hetero) is 1. The van der Waals surface area contributed by atoms with Crippen LogP contribution in [0.5, 0.6) is 5.75 Å². The van der Waals surface area contributed by atoms with Crippen LogP contribution >= 0.6 is 0 Å². The Bertz CT molecular complexity index is 661. The monoisotopic (exact) mass is 282 g/mol. The van der Waals surface area contributed by atoms with Gasteiger partial charge in [0.1, 0.15) is 5.75 Å². The molecule has 0 aliphatic carbocycles. The maximum absolute atomic E-state index is 12.5. The fourth-order valence-corrected chi connectivity index (χ4v) is 2.70. The summed E-state index contributed by atoms with van der Waals surface area (Å²) in [5.41, 5.74) is 6.21. The molecule has 0 saturated carbocycles. The molecule has 2 nitrogen and oxygen atoms in total. The van der Waals surface area contributed by atoms with E-state index in [0.29, 0.717) is 6.42 Å². The summed E-state index contributed by atoms with van der Waals surface area (Å²) < 4.78 is 5.35. The van der Waals surface area contributed by atoms with E-state index >= 15 is 0 Å². The van der Waals surface area contributed by atoms with Crippen molar-refractivity contribution >= 4 is 5.78 Å². The van der Waals surface area contributed by atoms with E-state index in [4.69, 9.17) is 4.74 Å². The largest absolute Gasteiger partial charge is 0.496 e. The van der Waals surface area contributed by atoms with Crippen molar-refractivity contribution in [2.75, 3.05) is 7.11 Å². The molecule has 0 amide bonds. The molecule has 0 aliphatic heterocycles. The molecule has 0 saturated heterocycles. The summed E-state index contributed by atoms with van der Waals surface area (Å²) >= 11 is 0. The third-order valence-corrected chi connectivity index (χ3v) is 3.84. The first-order valence-electron chi connectivity index (χ1n) is 7.17. The number of carbonyl (C=O) groups is 1. The molecular formula is C19H22O2. The van der Waals surface area contributed by atoms with E-state index in [1.165, 1.54) is 5.56 Å². The first-order valence-corrected chi connectivity index (χ1v) is 7.17. The first kappa shape index (κ1) is 15.3. The van der Waals surface area contributed by atoms with Crippen LogP contribution in [0, 0.1) is 27.7 Å². The number of methoxy groups -OCH3 is 1. The van der Waals surface area contributed by atoms with Crippen LogP contribution in [0.2, 0.25) is 0 Å². The molecule has 0 bridgehead atoms. The molecular weight excluding hydrogens is 260 g/mol. The fraction of sp³-hybridized carbons (Fsp3) is 0.316. The molecule has 0 N–H and O–H groups in total. The first-order chi connectivity index (χ1) is 9.92. The Labute approximate surface area is 126 Å². The summed E-state index contributed by atoms with van der Waals surface area (Å²) in [6.07, 6.45) is 0.443. The Balaban J connectivity index is 2.31. The number of hydrogen-bond donors (Lipinski definition) is 0. The van der Waals surface area contributed by atoms with Crippen molar-refractivity contribution in [3.63, 3.8) is 0 Å². The lowest BCUT2D eigenvalue weighted by atomic mass is 9.96. The topological polar surface area (TPSA) is 26.3 Å². The zero-order chi connectivity index (χ0) is 15.6. The van der Waals surface area contributed by atoms with Crippen LogP contribution in [0.25, 0.3) is 0 Å². The number of ether oxygens (including phenoxy) is 1. The average molecular weight is 282 g/mol. The maximum atomic E-state index is 12.5. The third-order valence-electron chi connectivity index (χ3n) is 3.84. The molecule has 2 heteroatoms. The van der Waals surface area contributed by atoms with Crippen LogP contribution < -0.4 is 4.74 Å². The quantitative estimate of drug-likeness (QED) is 0.779. The molecule has 0 fully saturated rings. The zero-order valence-electron chi connectivity index (χ0n) is 13.4. The van der Waals surface area contributed by atoms with Crippen molar-refractivity contribution in [1.29, 1.82) is 0 Å². The summed E-state index contributed by atoms with van der Waals surface area (Å²) in [6.45, 7) is 8.04. The molecule has 110 valence electrons. The molecule has 2 rings (SSSR count). The van der Waals surface area contributed by atoms with Crippen LogP contribution in [-0.2, 0) is 6.42 Å². The van der Waals surface area contributed by atoms with Crippen LogP contribution in [0.3, 0.4) is 0 Å². The van der Waals surface area contributed by atoms with Gasteiger partial charge in [-0.05, 0) is 62.1 Å². The van der Waals surface area contributed by atoms with Gasteiger partial charge >= 0.3 is 0 Å². The number of ketones is 1. The van der Waals surface area contributed by atoms with Crippen molar-refractivity contribution < 1.29 is 9.53 Å². The van der Waals surface area contributed by atoms with Gasteiger partial charge in [0.05, 0.1) is 7.11 Å². The Morgan fingerprint density at radius 1 is 0.952 bits per heavy atom. The van der Waals surface area contributed by atoms with E-state index in [1.807, 2.05) is 32.9 Å². The smallest absolute Gasteiger partial charge is 0.167 e. The lowest BCUT2D eigenvalue weighted by Gasteiger charge is -2.11. The van der Waals surface area contributed by atoms with Gasteiger partial charge in [0.2, 0.25) is 0 Å². The normalized spacial score (nSPS) is 10.5. The summed E-state index contributed by atoms with van der Waals surface area (Å²) in [6, 6.07) is 10.1. The number of aryl methyl sites for hydroxylation is 4. The minimum atomic E-state index is 0.151. The second-order valence-electron chi connectivity index (χ2n) is 5.67. The van der Waals surface area contributed by atoms with Gasteiger partial charge < -0.3 is 4.74 Å². The molecule has 0 spiro atoms. The molecule has 0 heterocycles. The number of carbonyl (C=O) groups excluding carboxylic acids is 1. The van der Waals surface area contributed by atoms with Crippen molar-refractivity contribution in [2.45, 2.75) is 34.1 Å². The molecule has 0 aliphatic rings. The predicted octanol–water partition coefficient (Wildman–Crippen LogP) is 4.35. The highest BCUT2D eigenvalue weighted by atomic mass is 16.5. The summed E-state index contributed by atoms with van der Waals surface area (Å²) in [5.74, 6) is 1.01. The van der Waals surface area contributed by atoms with Gasteiger partial charge in [-0.3, -0.25) is 4.79 Å². The van der Waals surface area contributed by atoms with E-state index in [9.17, 15) is 4.79 Å². The van der Waals surface area contributed by atoms with E-state index in [0.717, 1.165) is 33.6 Å².